The van der Waals surface area contributed by atoms with Gasteiger partial charge in [0.1, 0.15) is 17.1 Å². The van der Waals surface area contributed by atoms with E-state index < -0.39 is 39.7 Å². The summed E-state index contributed by atoms with van der Waals surface area (Å²) in [6.45, 7) is 5.57. The topological polar surface area (TPSA) is 103 Å². The molecule has 0 radical (unpaired) electrons. The van der Waals surface area contributed by atoms with E-state index in [1.54, 1.807) is 12.1 Å². The monoisotopic (exact) mass is 619 g/mol. The zero-order chi connectivity index (χ0) is 31.1. The molecule has 0 spiro atoms. The summed E-state index contributed by atoms with van der Waals surface area (Å²) in [6.07, 6.45) is -2.63. The molecule has 1 aromatic heterocycles. The molecule has 10 nitrogen and oxygen atoms in total. The Balaban J connectivity index is 1.47. The number of fused-ring (bicyclic) bond motifs is 1. The van der Waals surface area contributed by atoms with Crippen molar-refractivity contribution in [2.45, 2.75) is 31.6 Å². The molecule has 1 unspecified atom stereocenters. The van der Waals surface area contributed by atoms with E-state index in [0.29, 0.717) is 17.9 Å². The van der Waals surface area contributed by atoms with Gasteiger partial charge in [-0.1, -0.05) is 24.3 Å². The summed E-state index contributed by atoms with van der Waals surface area (Å²) in [6, 6.07) is 9.57. The third-order valence-corrected chi connectivity index (χ3v) is 9.41. The third-order valence-electron chi connectivity index (χ3n) is 8.13. The Morgan fingerprint density at radius 2 is 1.81 bits per heavy atom. The summed E-state index contributed by atoms with van der Waals surface area (Å²) in [5.74, 6) is -0.0119. The molecule has 0 amide bonds. The Hall–Kier alpha value is -3.62. The first-order valence-corrected chi connectivity index (χ1v) is 15.7. The molecule has 43 heavy (non-hydrogen) atoms. The van der Waals surface area contributed by atoms with Crippen molar-refractivity contribution >= 4 is 33.2 Å². The Kier molecular flexibility index (Phi) is 8.47. The van der Waals surface area contributed by atoms with Crippen LogP contribution in [0.2, 0.25) is 0 Å². The Labute approximate surface area is 249 Å². The average molecular weight is 620 g/mol. The number of nitrogens with one attached hydrogen (secondary N) is 2. The van der Waals surface area contributed by atoms with Crippen LogP contribution in [0.5, 0.6) is 5.75 Å². The lowest BCUT2D eigenvalue weighted by molar-refractivity contribution is -0.137. The summed E-state index contributed by atoms with van der Waals surface area (Å²) in [5, 5.41) is 5.96. The number of alkyl halides is 3. The maximum absolute atomic E-state index is 14.1. The highest BCUT2D eigenvalue weighted by atomic mass is 32.2. The van der Waals surface area contributed by atoms with Crippen LogP contribution in [-0.2, 0) is 22.6 Å². The van der Waals surface area contributed by atoms with Gasteiger partial charge < -0.3 is 25.2 Å². The first-order chi connectivity index (χ1) is 20.3. The predicted molar refractivity (Wildman–Crippen MR) is 161 cm³/mol. The van der Waals surface area contributed by atoms with Crippen molar-refractivity contribution in [3.8, 4) is 5.75 Å². The van der Waals surface area contributed by atoms with Gasteiger partial charge in [-0.2, -0.15) is 22.5 Å². The van der Waals surface area contributed by atoms with Gasteiger partial charge in [-0.25, -0.2) is 13.4 Å². The fourth-order valence-electron chi connectivity index (χ4n) is 5.75. The number of ether oxygens (including phenoxy) is 1. The number of hydrogen-bond donors (Lipinski definition) is 2. The van der Waals surface area contributed by atoms with Crippen molar-refractivity contribution in [2.24, 2.45) is 0 Å². The van der Waals surface area contributed by atoms with E-state index in [-0.39, 0.29) is 5.95 Å². The molecule has 2 heterocycles. The van der Waals surface area contributed by atoms with Crippen LogP contribution in [0.3, 0.4) is 0 Å². The maximum Gasteiger partial charge on any atom is 0.421 e. The van der Waals surface area contributed by atoms with E-state index in [1.807, 2.05) is 31.2 Å². The highest BCUT2D eigenvalue weighted by Gasteiger charge is 2.41. The van der Waals surface area contributed by atoms with Crippen molar-refractivity contribution in [2.75, 3.05) is 69.2 Å². The number of hydrogen-bond acceptors (Lipinski definition) is 9. The zero-order valence-corrected chi connectivity index (χ0v) is 25.6. The molecule has 1 aliphatic carbocycles. The second-order valence-electron chi connectivity index (χ2n) is 11.1. The zero-order valence-electron chi connectivity index (χ0n) is 24.7. The van der Waals surface area contributed by atoms with Gasteiger partial charge in [-0.05, 0) is 43.1 Å². The molecule has 0 bridgehead atoms. The second-order valence-corrected chi connectivity index (χ2v) is 13.1. The van der Waals surface area contributed by atoms with Gasteiger partial charge in [-0.15, -0.1) is 0 Å². The molecule has 2 aliphatic rings. The number of sulfonamides is 1. The van der Waals surface area contributed by atoms with Crippen LogP contribution >= 0.6 is 0 Å². The number of benzene rings is 2. The quantitative estimate of drug-likeness (QED) is 0.383. The maximum atomic E-state index is 14.1. The van der Waals surface area contributed by atoms with Gasteiger partial charge >= 0.3 is 6.18 Å². The van der Waals surface area contributed by atoms with Crippen LogP contribution < -0.4 is 20.3 Å². The van der Waals surface area contributed by atoms with Gasteiger partial charge in [0, 0.05) is 51.2 Å². The molecule has 1 aliphatic heterocycles. The third kappa shape index (κ3) is 6.50. The van der Waals surface area contributed by atoms with Crippen molar-refractivity contribution in [3.63, 3.8) is 0 Å². The lowest BCUT2D eigenvalue weighted by atomic mass is 10.1. The minimum Gasteiger partial charge on any atom is -0.494 e. The number of rotatable bonds is 8. The number of aromatic nitrogens is 2. The van der Waals surface area contributed by atoms with Crippen molar-refractivity contribution in [1.29, 1.82) is 0 Å². The van der Waals surface area contributed by atoms with Crippen LogP contribution in [0.4, 0.5) is 36.3 Å². The van der Waals surface area contributed by atoms with Crippen LogP contribution in [0.15, 0.2) is 42.6 Å². The lowest BCUT2D eigenvalue weighted by Crippen LogP contribution is -2.44. The first kappa shape index (κ1) is 30.8. The van der Waals surface area contributed by atoms with E-state index in [1.165, 1.54) is 18.5 Å². The van der Waals surface area contributed by atoms with E-state index in [0.717, 1.165) is 61.0 Å². The Bertz CT molecular complexity index is 1590. The number of nitrogens with zero attached hydrogens (tertiary/aromatic N) is 5. The molecule has 0 saturated carbocycles. The molecule has 1 fully saturated rings. The van der Waals surface area contributed by atoms with Crippen LogP contribution in [0, 0.1) is 6.92 Å². The van der Waals surface area contributed by atoms with Crippen LogP contribution in [0.25, 0.3) is 0 Å². The molecule has 14 heteroatoms. The van der Waals surface area contributed by atoms with Crippen LogP contribution in [0.1, 0.15) is 28.3 Å². The molecule has 2 atom stereocenters. The number of piperazine rings is 1. The number of aryl methyl sites for hydroxylation is 1. The number of methoxy groups -OCH3 is 1. The highest BCUT2D eigenvalue weighted by molar-refractivity contribution is 7.88. The Morgan fingerprint density at radius 3 is 2.47 bits per heavy atom. The highest BCUT2D eigenvalue weighted by Crippen LogP contribution is 2.41. The molecule has 232 valence electrons. The summed E-state index contributed by atoms with van der Waals surface area (Å²) in [5.41, 5.74) is 3.02. The molecule has 1 saturated heterocycles. The van der Waals surface area contributed by atoms with E-state index in [9.17, 15) is 21.6 Å². The van der Waals surface area contributed by atoms with Gasteiger partial charge in [0.2, 0.25) is 16.0 Å². The van der Waals surface area contributed by atoms with Gasteiger partial charge in [0.05, 0.1) is 31.1 Å². The number of halogens is 3. The molecule has 3 aromatic rings. The van der Waals surface area contributed by atoms with Crippen LogP contribution in [-0.4, -0.2) is 87.3 Å². The summed E-state index contributed by atoms with van der Waals surface area (Å²) in [7, 11) is 1.38. The summed E-state index contributed by atoms with van der Waals surface area (Å²) in [4.78, 5) is 12.8. The normalized spacial score (nSPS) is 19.4. The summed E-state index contributed by atoms with van der Waals surface area (Å²) >= 11 is 0. The SMILES string of the molecule is COc1cc(N2CCN(C)CC2)c(C)cc1Nc1ncc(C(F)(F)F)c(NC2Cc3ccccc3[C@H]2N(C)S(C)(=O)=O)n1. The van der Waals surface area contributed by atoms with Crippen molar-refractivity contribution in [1.82, 2.24) is 19.2 Å². The van der Waals surface area contributed by atoms with E-state index in [4.69, 9.17) is 4.74 Å². The molecular weight excluding hydrogens is 583 g/mol. The standard InChI is InChI=1S/C29H36F3N7O3S/c1-18-14-22(25(42-4)16-24(18)39-12-10-37(2)11-13-39)35-28-33-17-21(29(30,31)32)27(36-28)34-23-15-19-8-6-7-9-20(19)26(23)38(3)43(5,40)41/h6-9,14,16-17,23,26H,10-13,15H2,1-5H3,(H2,33,34,35,36)/t23?,26-/m1/s1. The predicted octanol–water partition coefficient (Wildman–Crippen LogP) is 4.28. The Morgan fingerprint density at radius 1 is 1.12 bits per heavy atom. The number of anilines is 4. The van der Waals surface area contributed by atoms with Crippen molar-refractivity contribution < 1.29 is 26.3 Å². The van der Waals surface area contributed by atoms with Gasteiger partial charge in [0.25, 0.3) is 0 Å². The molecule has 2 N–H and O–H groups in total. The minimum atomic E-state index is -4.75. The molecular formula is C29H36F3N7O3S. The van der Waals surface area contributed by atoms with Gasteiger partial charge in [0.15, 0.2) is 0 Å². The molecule has 5 rings (SSSR count). The van der Waals surface area contributed by atoms with Gasteiger partial charge in [-0.3, -0.25) is 0 Å². The van der Waals surface area contributed by atoms with E-state index >= 15 is 0 Å². The fourth-order valence-corrected chi connectivity index (χ4v) is 6.42. The fraction of sp³-hybridized carbons (Fsp3) is 0.448. The first-order valence-electron chi connectivity index (χ1n) is 13.9. The largest absolute Gasteiger partial charge is 0.494 e. The number of likely N-dealkylation sites (N-methyl/N-ethyl adjacent to an activating group) is 2. The lowest BCUT2D eigenvalue weighted by Gasteiger charge is -2.35. The smallest absolute Gasteiger partial charge is 0.421 e. The summed E-state index contributed by atoms with van der Waals surface area (Å²) < 4.78 is 74.2. The van der Waals surface area contributed by atoms with E-state index in [2.05, 4.69) is 37.4 Å². The second kappa shape index (κ2) is 11.8. The minimum absolute atomic E-state index is 0.0657. The average Bonchev–Trinajstić information content (AvgIpc) is 3.30. The van der Waals surface area contributed by atoms with Crippen molar-refractivity contribution in [3.05, 3.63) is 64.8 Å². The molecule has 2 aromatic carbocycles.